The van der Waals surface area contributed by atoms with E-state index in [-0.39, 0.29) is 0 Å². The molecule has 0 radical (unpaired) electrons. The van der Waals surface area contributed by atoms with E-state index in [1.807, 2.05) is 0 Å². The Hall–Kier alpha value is 0.360. The molecular weight excluding hydrogens is 333 g/mol. The quantitative estimate of drug-likeness (QED) is 0.161. The molecule has 0 atom stereocenters. The second-order valence-corrected chi connectivity index (χ2v) is 9.46. The second-order valence-electron chi connectivity index (χ2n) is 5.10. The summed E-state index contributed by atoms with van der Waals surface area (Å²) >= 11 is 0. The number of unbranched alkanes of at least 4 members (excludes halogenated alkanes) is 4. The van der Waals surface area contributed by atoms with Gasteiger partial charge in [0.25, 0.3) is 0 Å². The molecule has 0 bridgehead atoms. The van der Waals surface area contributed by atoms with E-state index < -0.39 is 7.81 Å². The zero-order valence-corrected chi connectivity index (χ0v) is 14.9. The molecule has 0 heterocycles. The van der Waals surface area contributed by atoms with Gasteiger partial charge in [-0.15, -0.1) is 0 Å². The van der Waals surface area contributed by atoms with Crippen LogP contribution in [0.4, 0.5) is 25.2 Å². The van der Waals surface area contributed by atoms with Crippen molar-refractivity contribution < 1.29 is 25.2 Å². The van der Waals surface area contributed by atoms with Crippen molar-refractivity contribution in [3.63, 3.8) is 0 Å². The number of rotatable bonds is 10. The van der Waals surface area contributed by atoms with Crippen LogP contribution in [0.25, 0.3) is 0 Å². The van der Waals surface area contributed by atoms with Gasteiger partial charge in [-0.05, 0) is 36.6 Å². The molecule has 8 heteroatoms. The van der Waals surface area contributed by atoms with Gasteiger partial charge in [0.2, 0.25) is 0 Å². The molecule has 21 heavy (non-hydrogen) atoms. The van der Waals surface area contributed by atoms with E-state index in [4.69, 9.17) is 0 Å². The average Bonchev–Trinajstić information content (AvgIpc) is 2.28. The molecule has 0 aliphatic carbocycles. The first-order valence-corrected chi connectivity index (χ1v) is 11.3. The first-order valence-electron chi connectivity index (χ1n) is 7.50. The Balaban J connectivity index is 0. The second kappa shape index (κ2) is 9.49. The summed E-state index contributed by atoms with van der Waals surface area (Å²) in [6, 6.07) is 0. The predicted molar refractivity (Wildman–Crippen MR) is 84.9 cm³/mol. The molecule has 0 saturated heterocycles. The van der Waals surface area contributed by atoms with Gasteiger partial charge < -0.3 is 0 Å². The molecule has 0 amide bonds. The summed E-state index contributed by atoms with van der Waals surface area (Å²) in [4.78, 5) is 0. The number of halogens is 6. The maximum atomic E-state index is 9.87. The third kappa shape index (κ3) is 38.5. The van der Waals surface area contributed by atoms with Crippen molar-refractivity contribution in [2.24, 2.45) is 0 Å². The van der Waals surface area contributed by atoms with Gasteiger partial charge >= 0.3 is 33.0 Å². The topological polar surface area (TPSA) is 0 Å². The monoisotopic (exact) mass is 362 g/mol. The molecule has 0 aliphatic rings. The Morgan fingerprint density at radius 2 is 0.857 bits per heavy atom. The van der Waals surface area contributed by atoms with E-state index in [1.165, 1.54) is 62.2 Å². The van der Waals surface area contributed by atoms with Gasteiger partial charge in [-0.2, -0.15) is 0 Å². The molecule has 0 spiro atoms. The minimum absolute atomic E-state index is 0.774. The SMILES string of the molecule is CCCCC[S+](CCCC)CCCC.F[P-](F)(F)(F)(F)F. The molecule has 134 valence electrons. The van der Waals surface area contributed by atoms with Crippen molar-refractivity contribution in [3.05, 3.63) is 0 Å². The molecule has 0 aliphatic heterocycles. The third-order valence-corrected chi connectivity index (χ3v) is 5.21. The standard InChI is InChI=1S/C13H29S.F6P/c1-4-7-10-13-14(11-8-5-2)12-9-6-3;1-7(2,3,4,5)6/h4-13H2,1-3H3;/q+1;-1. The average molecular weight is 362 g/mol. The minimum atomic E-state index is -10.7. The first-order chi connectivity index (χ1) is 9.30. The van der Waals surface area contributed by atoms with Gasteiger partial charge in [-0.25, -0.2) is 0 Å². The Morgan fingerprint density at radius 3 is 1.14 bits per heavy atom. The van der Waals surface area contributed by atoms with Gasteiger partial charge in [0, 0.05) is 0 Å². The maximum absolute atomic E-state index is 10.7. The molecule has 0 saturated carbocycles. The summed E-state index contributed by atoms with van der Waals surface area (Å²) in [5, 5.41) is 0. The third-order valence-electron chi connectivity index (χ3n) is 2.61. The molecule has 0 nitrogen and oxygen atoms in total. The zero-order chi connectivity index (χ0) is 17.1. The summed E-state index contributed by atoms with van der Waals surface area (Å²) in [7, 11) is -9.88. The predicted octanol–water partition coefficient (Wildman–Crippen LogP) is 7.78. The van der Waals surface area contributed by atoms with Crippen LogP contribution in [0.1, 0.15) is 65.7 Å². The van der Waals surface area contributed by atoms with Gasteiger partial charge in [0.05, 0.1) is 0 Å². The molecule has 0 unspecified atom stereocenters. The van der Waals surface area contributed by atoms with Crippen LogP contribution >= 0.6 is 7.81 Å². The fourth-order valence-corrected chi connectivity index (χ4v) is 4.18. The Morgan fingerprint density at radius 1 is 0.571 bits per heavy atom. The molecule has 0 aromatic rings. The van der Waals surface area contributed by atoms with Crippen molar-refractivity contribution in [1.82, 2.24) is 0 Å². The van der Waals surface area contributed by atoms with E-state index in [0.717, 1.165) is 10.9 Å². The van der Waals surface area contributed by atoms with Crippen molar-refractivity contribution in [1.29, 1.82) is 0 Å². The first kappa shape index (κ1) is 23.6. The van der Waals surface area contributed by atoms with Gasteiger partial charge in [-0.1, -0.05) is 40.0 Å². The Kier molecular flexibility index (Phi) is 10.7. The summed E-state index contributed by atoms with van der Waals surface area (Å²) in [6.07, 6.45) is 9.97. The zero-order valence-electron chi connectivity index (χ0n) is 13.2. The molecule has 0 aromatic carbocycles. The molecule has 0 aromatic heterocycles. The van der Waals surface area contributed by atoms with E-state index >= 15 is 0 Å². The van der Waals surface area contributed by atoms with Crippen molar-refractivity contribution in [2.45, 2.75) is 65.7 Å². The number of hydrogen-bond acceptors (Lipinski definition) is 0. The summed E-state index contributed by atoms with van der Waals surface area (Å²) in [5.41, 5.74) is 0. The fourth-order valence-electron chi connectivity index (χ4n) is 1.56. The van der Waals surface area contributed by atoms with Crippen LogP contribution in [0.2, 0.25) is 0 Å². The Labute approximate surface area is 127 Å². The normalized spacial score (nSPS) is 15.1. The van der Waals surface area contributed by atoms with E-state index in [2.05, 4.69) is 20.8 Å². The van der Waals surface area contributed by atoms with Crippen molar-refractivity contribution in [3.8, 4) is 0 Å². The Bertz CT molecular complexity index is 231. The van der Waals surface area contributed by atoms with Crippen molar-refractivity contribution in [2.75, 3.05) is 17.3 Å². The van der Waals surface area contributed by atoms with Gasteiger partial charge in [0.15, 0.2) is 0 Å². The van der Waals surface area contributed by atoms with E-state index in [9.17, 15) is 25.2 Å². The molecular formula is C13H29F6PS. The summed E-state index contributed by atoms with van der Waals surface area (Å²) in [6.45, 7) is 6.93. The van der Waals surface area contributed by atoms with Crippen LogP contribution in [-0.4, -0.2) is 17.3 Å². The number of hydrogen-bond donors (Lipinski definition) is 0. The van der Waals surface area contributed by atoms with Crippen molar-refractivity contribution >= 4 is 18.7 Å². The van der Waals surface area contributed by atoms with Crippen LogP contribution in [0.5, 0.6) is 0 Å². The summed E-state index contributed by atoms with van der Waals surface area (Å²) < 4.78 is 59.2. The molecule has 0 rings (SSSR count). The van der Waals surface area contributed by atoms with Crippen LogP contribution in [0.15, 0.2) is 0 Å². The van der Waals surface area contributed by atoms with Gasteiger partial charge in [0.1, 0.15) is 17.3 Å². The fraction of sp³-hybridized carbons (Fsp3) is 1.00. The van der Waals surface area contributed by atoms with E-state index in [0.29, 0.717) is 0 Å². The molecule has 0 fully saturated rings. The van der Waals surface area contributed by atoms with E-state index in [1.54, 1.807) is 0 Å². The van der Waals surface area contributed by atoms with Gasteiger partial charge in [-0.3, -0.25) is 0 Å². The van der Waals surface area contributed by atoms with Crippen LogP contribution < -0.4 is 0 Å². The van der Waals surface area contributed by atoms with Crippen LogP contribution in [-0.2, 0) is 10.9 Å². The summed E-state index contributed by atoms with van der Waals surface area (Å²) in [5.74, 6) is 4.55. The van der Waals surface area contributed by atoms with Crippen LogP contribution in [0.3, 0.4) is 0 Å². The van der Waals surface area contributed by atoms with Crippen LogP contribution in [0, 0.1) is 0 Å². The molecule has 0 N–H and O–H groups in total.